The molecule has 32 heavy (non-hydrogen) atoms. The number of fused-ring (bicyclic) bond motifs is 1. The first kappa shape index (κ1) is 22.5. The first-order valence-electron chi connectivity index (χ1n) is 11.3. The first-order valence-corrected chi connectivity index (χ1v) is 12.7. The molecule has 0 spiro atoms. The average molecular weight is 451 g/mol. The van der Waals surface area contributed by atoms with Gasteiger partial charge in [-0.2, -0.15) is 4.31 Å². The number of carbonyl (C=O) groups is 1. The number of nitrogens with one attached hydrogen (secondary N) is 1. The number of rotatable bonds is 7. The molecule has 1 heterocycles. The van der Waals surface area contributed by atoms with Gasteiger partial charge in [0.15, 0.2) is 0 Å². The molecule has 0 bridgehead atoms. The van der Waals surface area contributed by atoms with Crippen molar-refractivity contribution in [3.63, 3.8) is 0 Å². The fourth-order valence-electron chi connectivity index (χ4n) is 4.38. The lowest BCUT2D eigenvalue weighted by Gasteiger charge is -2.31. The van der Waals surface area contributed by atoms with Crippen molar-refractivity contribution < 1.29 is 13.2 Å². The van der Waals surface area contributed by atoms with E-state index in [-0.39, 0.29) is 18.4 Å². The van der Waals surface area contributed by atoms with Gasteiger partial charge in [-0.15, -0.1) is 0 Å². The van der Waals surface area contributed by atoms with Crippen molar-refractivity contribution in [1.82, 2.24) is 9.62 Å². The minimum Gasteiger partial charge on any atom is -0.356 e. The van der Waals surface area contributed by atoms with Crippen LogP contribution in [0, 0.1) is 12.8 Å². The Morgan fingerprint density at radius 2 is 1.78 bits per heavy atom. The molecular formula is C26H30N2O3S. The molecule has 0 aliphatic carbocycles. The second-order valence-electron chi connectivity index (χ2n) is 8.55. The Bertz CT molecular complexity index is 1180. The Hall–Kier alpha value is -2.70. The Kier molecular flexibility index (Phi) is 6.92. The van der Waals surface area contributed by atoms with Crippen molar-refractivity contribution in [3.05, 3.63) is 77.9 Å². The van der Waals surface area contributed by atoms with Crippen LogP contribution >= 0.6 is 0 Å². The zero-order valence-corrected chi connectivity index (χ0v) is 19.3. The third-order valence-corrected chi connectivity index (χ3v) is 8.10. The number of aryl methyl sites for hydroxylation is 2. The average Bonchev–Trinajstić information content (AvgIpc) is 2.82. The summed E-state index contributed by atoms with van der Waals surface area (Å²) < 4.78 is 27.4. The van der Waals surface area contributed by atoms with Crippen molar-refractivity contribution >= 4 is 26.7 Å². The molecule has 1 fully saturated rings. The molecule has 3 aromatic carbocycles. The van der Waals surface area contributed by atoms with Gasteiger partial charge in [-0.1, -0.05) is 60.2 Å². The Morgan fingerprint density at radius 3 is 2.59 bits per heavy atom. The fraction of sp³-hybridized carbons (Fsp3) is 0.346. The van der Waals surface area contributed by atoms with Crippen LogP contribution in [0.15, 0.2) is 71.6 Å². The number of sulfonamides is 1. The molecule has 0 aromatic heterocycles. The fourth-order valence-corrected chi connectivity index (χ4v) is 5.90. The molecule has 1 N–H and O–H groups in total. The summed E-state index contributed by atoms with van der Waals surface area (Å²) in [7, 11) is -3.57. The minimum atomic E-state index is -3.57. The maximum atomic E-state index is 13.0. The number of hydrogen-bond donors (Lipinski definition) is 1. The molecule has 1 aliphatic heterocycles. The van der Waals surface area contributed by atoms with Gasteiger partial charge in [-0.3, -0.25) is 4.79 Å². The van der Waals surface area contributed by atoms with Crippen molar-refractivity contribution in [1.29, 1.82) is 0 Å². The molecule has 1 atom stereocenters. The number of nitrogens with zero attached hydrogens (tertiary/aromatic N) is 1. The standard InChI is InChI=1S/C26H30N2O3S/c1-20-13-15-24(16-14-20)32(30,31)28-18-6-11-23(19-28)26(29)27-17-5-10-22-9-4-8-21-7-2-3-12-25(21)22/h2-4,7-9,12-16,23H,5-6,10-11,17-19H2,1H3,(H,27,29)/t23-/m0/s1. The number of hydrogen-bond acceptors (Lipinski definition) is 3. The van der Waals surface area contributed by atoms with Crippen LogP contribution in [0.3, 0.4) is 0 Å². The van der Waals surface area contributed by atoms with E-state index < -0.39 is 10.0 Å². The molecule has 0 radical (unpaired) electrons. The van der Waals surface area contributed by atoms with E-state index in [0.717, 1.165) is 24.8 Å². The van der Waals surface area contributed by atoms with Gasteiger partial charge in [0.1, 0.15) is 0 Å². The van der Waals surface area contributed by atoms with Crippen molar-refractivity contribution in [2.24, 2.45) is 5.92 Å². The van der Waals surface area contributed by atoms with Gasteiger partial charge in [0.05, 0.1) is 10.8 Å². The second-order valence-corrected chi connectivity index (χ2v) is 10.5. The lowest BCUT2D eigenvalue weighted by Crippen LogP contribution is -2.45. The molecule has 5 nitrogen and oxygen atoms in total. The van der Waals surface area contributed by atoms with Gasteiger partial charge in [0, 0.05) is 19.6 Å². The van der Waals surface area contributed by atoms with E-state index in [9.17, 15) is 13.2 Å². The van der Waals surface area contributed by atoms with E-state index in [1.54, 1.807) is 24.3 Å². The second kappa shape index (κ2) is 9.84. The third kappa shape index (κ3) is 5.03. The summed E-state index contributed by atoms with van der Waals surface area (Å²) in [6.45, 7) is 3.22. The van der Waals surface area contributed by atoms with Crippen molar-refractivity contribution in [2.75, 3.05) is 19.6 Å². The lowest BCUT2D eigenvalue weighted by molar-refractivity contribution is -0.126. The van der Waals surface area contributed by atoms with Crippen LogP contribution < -0.4 is 5.32 Å². The molecule has 4 rings (SSSR count). The van der Waals surface area contributed by atoms with Crippen LogP contribution in [0.25, 0.3) is 10.8 Å². The zero-order valence-electron chi connectivity index (χ0n) is 18.5. The van der Waals surface area contributed by atoms with Gasteiger partial charge in [0.25, 0.3) is 0 Å². The Balaban J connectivity index is 1.31. The maximum Gasteiger partial charge on any atom is 0.243 e. The van der Waals surface area contributed by atoms with Gasteiger partial charge in [-0.05, 0) is 61.1 Å². The Labute approximate surface area is 190 Å². The molecule has 1 aliphatic rings. The van der Waals surface area contributed by atoms with Crippen LogP contribution in [0.4, 0.5) is 0 Å². The molecule has 1 amide bonds. The van der Waals surface area contributed by atoms with Crippen LogP contribution in [-0.2, 0) is 21.2 Å². The van der Waals surface area contributed by atoms with E-state index >= 15 is 0 Å². The summed E-state index contributed by atoms with van der Waals surface area (Å²) in [5.74, 6) is -0.353. The first-order chi connectivity index (χ1) is 15.4. The molecule has 6 heteroatoms. The van der Waals surface area contributed by atoms with E-state index in [4.69, 9.17) is 0 Å². The van der Waals surface area contributed by atoms with Crippen LogP contribution in [0.2, 0.25) is 0 Å². The smallest absolute Gasteiger partial charge is 0.243 e. The number of piperidine rings is 1. The number of amides is 1. The molecule has 3 aromatic rings. The third-order valence-electron chi connectivity index (χ3n) is 6.22. The summed E-state index contributed by atoms with van der Waals surface area (Å²) in [4.78, 5) is 13.0. The van der Waals surface area contributed by atoms with E-state index in [1.807, 2.05) is 19.1 Å². The van der Waals surface area contributed by atoms with Gasteiger partial charge >= 0.3 is 0 Å². The molecular weight excluding hydrogens is 420 g/mol. The predicted molar refractivity (Wildman–Crippen MR) is 128 cm³/mol. The topological polar surface area (TPSA) is 66.5 Å². The van der Waals surface area contributed by atoms with Gasteiger partial charge in [-0.25, -0.2) is 8.42 Å². The van der Waals surface area contributed by atoms with E-state index in [0.29, 0.717) is 24.4 Å². The van der Waals surface area contributed by atoms with Crippen LogP contribution in [-0.4, -0.2) is 38.3 Å². The molecule has 0 unspecified atom stereocenters. The van der Waals surface area contributed by atoms with Gasteiger partial charge in [0.2, 0.25) is 15.9 Å². The largest absolute Gasteiger partial charge is 0.356 e. The summed E-state index contributed by atoms with van der Waals surface area (Å²) in [5.41, 5.74) is 2.30. The van der Waals surface area contributed by atoms with Gasteiger partial charge < -0.3 is 5.32 Å². The van der Waals surface area contributed by atoms with Crippen molar-refractivity contribution in [2.45, 2.75) is 37.5 Å². The van der Waals surface area contributed by atoms with Crippen molar-refractivity contribution in [3.8, 4) is 0 Å². The number of benzene rings is 3. The SMILES string of the molecule is Cc1ccc(S(=O)(=O)N2CCC[C@H](C(=O)NCCCc3cccc4ccccc34)C2)cc1. The number of carbonyl (C=O) groups excluding carboxylic acids is 1. The summed E-state index contributed by atoms with van der Waals surface area (Å²) in [5, 5.41) is 5.51. The molecule has 0 saturated carbocycles. The summed E-state index contributed by atoms with van der Waals surface area (Å²) >= 11 is 0. The van der Waals surface area contributed by atoms with Crippen LogP contribution in [0.1, 0.15) is 30.4 Å². The predicted octanol–water partition coefficient (Wildman–Crippen LogP) is 4.30. The van der Waals surface area contributed by atoms with Crippen LogP contribution in [0.5, 0.6) is 0 Å². The highest BCUT2D eigenvalue weighted by Crippen LogP contribution is 2.24. The quantitative estimate of drug-likeness (QED) is 0.546. The maximum absolute atomic E-state index is 13.0. The minimum absolute atomic E-state index is 0.0493. The molecule has 1 saturated heterocycles. The summed E-state index contributed by atoms with van der Waals surface area (Å²) in [6.07, 6.45) is 3.15. The highest BCUT2D eigenvalue weighted by Gasteiger charge is 2.33. The lowest BCUT2D eigenvalue weighted by atomic mass is 9.98. The highest BCUT2D eigenvalue weighted by atomic mass is 32.2. The monoisotopic (exact) mass is 450 g/mol. The normalized spacial score (nSPS) is 17.3. The molecule has 168 valence electrons. The van der Waals surface area contributed by atoms with E-state index in [2.05, 4.69) is 35.6 Å². The highest BCUT2D eigenvalue weighted by molar-refractivity contribution is 7.89. The zero-order chi connectivity index (χ0) is 22.6. The summed E-state index contributed by atoms with van der Waals surface area (Å²) in [6, 6.07) is 21.5. The Morgan fingerprint density at radius 1 is 1.03 bits per heavy atom. The van der Waals surface area contributed by atoms with E-state index in [1.165, 1.54) is 20.6 Å².